The van der Waals surface area contributed by atoms with Crippen LogP contribution in [0.4, 0.5) is 11.4 Å². The number of anilines is 2. The molecule has 1 aliphatic carbocycles. The number of rotatable bonds is 8. The predicted molar refractivity (Wildman–Crippen MR) is 137 cm³/mol. The molecule has 2 aliphatic rings. The summed E-state index contributed by atoms with van der Waals surface area (Å²) in [5.41, 5.74) is 1.27. The van der Waals surface area contributed by atoms with Crippen LogP contribution in [0, 0.1) is 5.41 Å². The monoisotopic (exact) mass is 479 g/mol. The molecule has 0 bridgehead atoms. The topological polar surface area (TPSA) is 71.1 Å². The molecule has 0 radical (unpaired) electrons. The molecule has 35 heavy (non-hydrogen) atoms. The van der Waals surface area contributed by atoms with Crippen LogP contribution in [-0.4, -0.2) is 43.6 Å². The maximum Gasteiger partial charge on any atom is 0.246 e. The third-order valence-corrected chi connectivity index (χ3v) is 6.87. The number of nitrogens with one attached hydrogen (secondary N) is 1. The van der Waals surface area contributed by atoms with E-state index in [9.17, 15) is 9.59 Å². The van der Waals surface area contributed by atoms with E-state index in [1.165, 1.54) is 19.3 Å². The first kappa shape index (κ1) is 25.2. The second-order valence-electron chi connectivity index (χ2n) is 10.4. The first-order valence-electron chi connectivity index (χ1n) is 12.6. The van der Waals surface area contributed by atoms with Gasteiger partial charge in [-0.15, -0.1) is 0 Å². The Balaban J connectivity index is 1.58. The van der Waals surface area contributed by atoms with E-state index in [4.69, 9.17) is 9.78 Å². The number of para-hydroxylation sites is 3. The van der Waals surface area contributed by atoms with Gasteiger partial charge in [-0.3, -0.25) is 14.9 Å². The molecule has 0 unspecified atom stereocenters. The number of ketones is 1. The zero-order chi connectivity index (χ0) is 24.8. The highest BCUT2D eigenvalue weighted by Crippen LogP contribution is 2.37. The van der Waals surface area contributed by atoms with E-state index in [2.05, 4.69) is 16.3 Å². The zero-order valence-corrected chi connectivity index (χ0v) is 21.0. The highest BCUT2D eigenvalue weighted by molar-refractivity contribution is 6.06. The molecule has 1 fully saturated rings. The Bertz CT molecular complexity index is 999. The summed E-state index contributed by atoms with van der Waals surface area (Å²) >= 11 is 0. The Morgan fingerprint density at radius 2 is 1.63 bits per heavy atom. The summed E-state index contributed by atoms with van der Waals surface area (Å²) in [6.45, 7) is 6.26. The normalized spacial score (nSPS) is 19.3. The van der Waals surface area contributed by atoms with E-state index in [1.54, 1.807) is 17.0 Å². The van der Waals surface area contributed by atoms with Crippen molar-refractivity contribution in [3.8, 4) is 5.75 Å². The van der Waals surface area contributed by atoms with Gasteiger partial charge in [-0.1, -0.05) is 70.4 Å². The first-order chi connectivity index (χ1) is 16.8. The number of hydrogen-bond donors (Lipinski definition) is 1. The molecule has 7 nitrogen and oxygen atoms in total. The van der Waals surface area contributed by atoms with Gasteiger partial charge in [0, 0.05) is 18.0 Å². The molecule has 1 amide bonds. The van der Waals surface area contributed by atoms with Crippen LogP contribution in [0.3, 0.4) is 0 Å². The van der Waals surface area contributed by atoms with E-state index >= 15 is 0 Å². The highest BCUT2D eigenvalue weighted by atomic mass is 17.2. The lowest BCUT2D eigenvalue weighted by Gasteiger charge is -2.37. The van der Waals surface area contributed by atoms with Crippen molar-refractivity contribution in [1.29, 1.82) is 0 Å². The molecule has 1 saturated carbocycles. The Labute approximate surface area is 208 Å². The largest absolute Gasteiger partial charge is 0.365 e. The van der Waals surface area contributed by atoms with Gasteiger partial charge in [0.2, 0.25) is 5.91 Å². The van der Waals surface area contributed by atoms with E-state index < -0.39 is 11.5 Å². The van der Waals surface area contributed by atoms with Crippen molar-refractivity contribution < 1.29 is 19.4 Å². The van der Waals surface area contributed by atoms with E-state index in [-0.39, 0.29) is 25.0 Å². The lowest BCUT2D eigenvalue weighted by atomic mass is 9.90. The summed E-state index contributed by atoms with van der Waals surface area (Å²) in [4.78, 5) is 41.6. The fourth-order valence-electron chi connectivity index (χ4n) is 4.76. The lowest BCUT2D eigenvalue weighted by Crippen LogP contribution is -2.53. The van der Waals surface area contributed by atoms with Crippen LogP contribution in [0.25, 0.3) is 0 Å². The summed E-state index contributed by atoms with van der Waals surface area (Å²) in [6.07, 6.45) is 5.84. The van der Waals surface area contributed by atoms with Crippen LogP contribution in [0.1, 0.15) is 52.9 Å². The molecule has 0 saturated heterocycles. The number of benzene rings is 2. The molecule has 0 aromatic heterocycles. The summed E-state index contributed by atoms with van der Waals surface area (Å²) in [5, 5.41) is 3.24. The molecular weight excluding hydrogens is 442 g/mol. The molecular formula is C28H37N3O4. The first-order valence-corrected chi connectivity index (χ1v) is 12.6. The number of Topliss-reactive ketones (excluding diaryl/α,β-unsaturated/α-hetero) is 1. The molecule has 7 heteroatoms. The van der Waals surface area contributed by atoms with Crippen LogP contribution in [0.15, 0.2) is 54.6 Å². The summed E-state index contributed by atoms with van der Waals surface area (Å²) in [6, 6.07) is 17.0. The third kappa shape index (κ3) is 6.21. The summed E-state index contributed by atoms with van der Waals surface area (Å²) < 4.78 is 0. The van der Waals surface area contributed by atoms with Crippen LogP contribution in [-0.2, 0) is 14.5 Å². The summed E-state index contributed by atoms with van der Waals surface area (Å²) in [7, 11) is 0. The minimum Gasteiger partial charge on any atom is -0.365 e. The van der Waals surface area contributed by atoms with Crippen molar-refractivity contribution in [3.63, 3.8) is 0 Å². The minimum atomic E-state index is -0.545. The van der Waals surface area contributed by atoms with Crippen LogP contribution >= 0.6 is 0 Å². The van der Waals surface area contributed by atoms with Crippen molar-refractivity contribution in [3.05, 3.63) is 54.6 Å². The van der Waals surface area contributed by atoms with Gasteiger partial charge in [-0.25, -0.2) is 0 Å². The fraction of sp³-hybridized carbons (Fsp3) is 0.500. The zero-order valence-electron chi connectivity index (χ0n) is 21.0. The van der Waals surface area contributed by atoms with E-state index in [0.29, 0.717) is 18.3 Å². The molecule has 1 atom stereocenters. The SMILES string of the molecule is CC(C)(C)C(=O)CN1C(=O)[C@H](NCOOc2ccccc2)CN(C2CCCCC2)c2ccccc21. The standard InChI is InChI=1S/C28H37N3O4/c1-28(2,3)26(32)19-31-25-17-11-10-16-24(25)30(21-12-6-4-7-13-21)18-23(27(31)33)29-20-34-35-22-14-8-5-9-15-22/h5,8-11,14-17,21,23,29H,4,6-7,12-13,18-20H2,1-3H3/t23-/m1/s1. The van der Waals surface area contributed by atoms with Crippen molar-refractivity contribution in [2.75, 3.05) is 29.6 Å². The van der Waals surface area contributed by atoms with Gasteiger partial charge >= 0.3 is 0 Å². The second-order valence-corrected chi connectivity index (χ2v) is 10.4. The Morgan fingerprint density at radius 1 is 0.971 bits per heavy atom. The van der Waals surface area contributed by atoms with Crippen LogP contribution < -0.4 is 20.0 Å². The van der Waals surface area contributed by atoms with Gasteiger partial charge in [0.1, 0.15) is 12.8 Å². The second kappa shape index (κ2) is 11.2. The van der Waals surface area contributed by atoms with E-state index in [0.717, 1.165) is 24.2 Å². The van der Waals surface area contributed by atoms with Gasteiger partial charge in [0.25, 0.3) is 0 Å². The molecule has 1 N–H and O–H groups in total. The molecule has 188 valence electrons. The molecule has 2 aromatic rings. The number of amides is 1. The number of fused-ring (bicyclic) bond motifs is 1. The minimum absolute atomic E-state index is 0.0224. The predicted octanol–water partition coefficient (Wildman–Crippen LogP) is 4.71. The average molecular weight is 480 g/mol. The number of hydrogen-bond acceptors (Lipinski definition) is 6. The van der Waals surface area contributed by atoms with Gasteiger partial charge in [-0.05, 0) is 37.1 Å². The van der Waals surface area contributed by atoms with Crippen LogP contribution in [0.2, 0.25) is 0 Å². The van der Waals surface area contributed by atoms with Crippen molar-refractivity contribution >= 4 is 23.1 Å². The molecule has 1 heterocycles. The number of carbonyl (C=O) groups is 2. The average Bonchev–Trinajstić information content (AvgIpc) is 2.97. The Hall–Kier alpha value is -2.90. The van der Waals surface area contributed by atoms with Crippen molar-refractivity contribution in [2.45, 2.75) is 65.0 Å². The molecule has 4 rings (SSSR count). The van der Waals surface area contributed by atoms with Crippen LogP contribution in [0.5, 0.6) is 5.75 Å². The maximum absolute atomic E-state index is 13.9. The van der Waals surface area contributed by atoms with Gasteiger partial charge < -0.3 is 14.7 Å². The fourth-order valence-corrected chi connectivity index (χ4v) is 4.76. The third-order valence-electron chi connectivity index (χ3n) is 6.87. The summed E-state index contributed by atoms with van der Waals surface area (Å²) in [5.74, 6) is 0.487. The molecule has 0 spiro atoms. The van der Waals surface area contributed by atoms with Gasteiger partial charge in [0.05, 0.1) is 17.9 Å². The Morgan fingerprint density at radius 3 is 2.31 bits per heavy atom. The van der Waals surface area contributed by atoms with E-state index in [1.807, 2.05) is 57.2 Å². The smallest absolute Gasteiger partial charge is 0.246 e. The quantitative estimate of drug-likeness (QED) is 0.256. The molecule has 2 aromatic carbocycles. The number of carbonyl (C=O) groups excluding carboxylic acids is 2. The molecule has 1 aliphatic heterocycles. The van der Waals surface area contributed by atoms with Crippen molar-refractivity contribution in [2.24, 2.45) is 5.41 Å². The Kier molecular flexibility index (Phi) is 8.08. The van der Waals surface area contributed by atoms with Crippen molar-refractivity contribution in [1.82, 2.24) is 5.32 Å². The number of nitrogens with zero attached hydrogens (tertiary/aromatic N) is 2. The lowest BCUT2D eigenvalue weighted by molar-refractivity contribution is -0.213. The highest BCUT2D eigenvalue weighted by Gasteiger charge is 2.38. The van der Waals surface area contributed by atoms with Gasteiger partial charge in [-0.2, -0.15) is 4.89 Å². The maximum atomic E-state index is 13.9. The van der Waals surface area contributed by atoms with Gasteiger partial charge in [0.15, 0.2) is 11.5 Å².